The van der Waals surface area contributed by atoms with E-state index in [0.717, 1.165) is 24.8 Å². The van der Waals surface area contributed by atoms with Crippen molar-refractivity contribution < 1.29 is 9.59 Å². The molecule has 4 aliphatic rings. The van der Waals surface area contributed by atoms with E-state index < -0.39 is 0 Å². The molecule has 7 atom stereocenters. The summed E-state index contributed by atoms with van der Waals surface area (Å²) in [5.74, 6) is 2.81. The molecule has 0 bridgehead atoms. The van der Waals surface area contributed by atoms with Gasteiger partial charge >= 0.3 is 0 Å². The number of nitrogens with one attached hydrogen (secondary N) is 1. The first-order chi connectivity index (χ1) is 16.5. The number of pyridine rings is 1. The topological polar surface area (TPSA) is 88.3 Å². The zero-order chi connectivity index (χ0) is 25.3. The highest BCUT2D eigenvalue weighted by atomic mass is 35.5. The number of nitrogens with two attached hydrogens (primary N) is 1. The van der Waals surface area contributed by atoms with Crippen molar-refractivity contribution in [2.45, 2.75) is 78.7 Å². The molecule has 2 heterocycles. The minimum Gasteiger partial charge on any atom is -0.395 e. The number of rotatable bonds is 3. The molecule has 7 heteroatoms. The number of aryl methyl sites for hydroxylation is 1. The van der Waals surface area contributed by atoms with Gasteiger partial charge in [-0.2, -0.15) is 0 Å². The summed E-state index contributed by atoms with van der Waals surface area (Å²) in [6.45, 7) is 8.50. The zero-order valence-electron chi connectivity index (χ0n) is 21.7. The van der Waals surface area contributed by atoms with Crippen molar-refractivity contribution in [1.82, 2.24) is 9.88 Å². The van der Waals surface area contributed by atoms with Gasteiger partial charge in [-0.25, -0.2) is 4.98 Å². The van der Waals surface area contributed by atoms with Crippen molar-refractivity contribution in [1.29, 1.82) is 0 Å². The molecule has 0 aromatic carbocycles. The molecule has 5 rings (SSSR count). The number of halogens is 1. The molecule has 1 aliphatic heterocycles. The third-order valence-electron chi connectivity index (χ3n) is 10.6. The second-order valence-electron chi connectivity index (χ2n) is 12.1. The summed E-state index contributed by atoms with van der Waals surface area (Å²) < 4.78 is 0. The highest BCUT2D eigenvalue weighted by molar-refractivity contribution is 6.32. The predicted molar refractivity (Wildman–Crippen MR) is 140 cm³/mol. The fourth-order valence-corrected chi connectivity index (χ4v) is 8.67. The first-order valence-electron chi connectivity index (χ1n) is 13.2. The average Bonchev–Trinajstić information content (AvgIpc) is 3.14. The third kappa shape index (κ3) is 3.70. The van der Waals surface area contributed by atoms with Gasteiger partial charge in [0.05, 0.1) is 16.4 Å². The van der Waals surface area contributed by atoms with Crippen LogP contribution < -0.4 is 11.1 Å². The van der Waals surface area contributed by atoms with Gasteiger partial charge in [0.1, 0.15) is 0 Å². The molecule has 0 spiro atoms. The largest absolute Gasteiger partial charge is 0.395 e. The minimum atomic E-state index is -0.00894. The molecule has 4 unspecified atom stereocenters. The number of hydrogen-bond donors (Lipinski definition) is 2. The van der Waals surface area contributed by atoms with Crippen LogP contribution in [0.15, 0.2) is 12.2 Å². The molecule has 6 nitrogen and oxygen atoms in total. The monoisotopic (exact) mass is 498 g/mol. The maximum atomic E-state index is 13.1. The van der Waals surface area contributed by atoms with Crippen LogP contribution in [0.2, 0.25) is 5.02 Å². The average molecular weight is 499 g/mol. The van der Waals surface area contributed by atoms with Gasteiger partial charge in [0.2, 0.25) is 11.8 Å². The summed E-state index contributed by atoms with van der Waals surface area (Å²) in [6.07, 6.45) is 11.4. The van der Waals surface area contributed by atoms with Gasteiger partial charge in [0, 0.05) is 24.9 Å². The summed E-state index contributed by atoms with van der Waals surface area (Å²) in [6, 6.07) is 0.304. The van der Waals surface area contributed by atoms with Gasteiger partial charge in [0.15, 0.2) is 5.82 Å². The molecule has 0 radical (unpaired) electrons. The van der Waals surface area contributed by atoms with Crippen LogP contribution in [0.25, 0.3) is 0 Å². The van der Waals surface area contributed by atoms with Crippen LogP contribution in [-0.2, 0) is 9.59 Å². The van der Waals surface area contributed by atoms with Crippen LogP contribution in [0.3, 0.4) is 0 Å². The summed E-state index contributed by atoms with van der Waals surface area (Å²) in [4.78, 5) is 31.9. The van der Waals surface area contributed by atoms with E-state index in [4.69, 9.17) is 17.3 Å². The number of amides is 2. The maximum absolute atomic E-state index is 13.1. The Labute approximate surface area is 214 Å². The van der Waals surface area contributed by atoms with Crippen molar-refractivity contribution in [2.24, 2.45) is 34.5 Å². The summed E-state index contributed by atoms with van der Waals surface area (Å²) in [5.41, 5.74) is 8.31. The number of nitrogens with zero attached hydrogens (tertiary/aromatic N) is 2. The Balaban J connectivity index is 1.32. The molecule has 1 aromatic rings. The third-order valence-corrected chi connectivity index (χ3v) is 11.2. The van der Waals surface area contributed by atoms with Crippen molar-refractivity contribution in [3.63, 3.8) is 0 Å². The van der Waals surface area contributed by atoms with Crippen LogP contribution in [0.5, 0.6) is 0 Å². The highest BCUT2D eigenvalue weighted by Gasteiger charge is 2.60. The lowest BCUT2D eigenvalue weighted by molar-refractivity contribution is -0.139. The standard InChI is InChI=1S/C28H39ClN4O2/c1-15-24(29)16(2)31-26(25(15)30)32-22(34)14-17-6-8-19-18-7-9-21-28(4,13-11-23(35)33(21)5)20(18)10-12-27(17,19)3/h11,13,17-21H,6-10,12,14,30H2,1-5H3,(H,31,32,34)/t17-,18?,19?,20?,21?,27-,28-/m1/s1. The van der Waals surface area contributed by atoms with E-state index in [9.17, 15) is 9.59 Å². The van der Waals surface area contributed by atoms with E-state index in [2.05, 4.69) is 30.2 Å². The summed E-state index contributed by atoms with van der Waals surface area (Å²) in [5, 5.41) is 3.54. The molecule has 3 aliphatic carbocycles. The van der Waals surface area contributed by atoms with E-state index in [1.54, 1.807) is 6.08 Å². The van der Waals surface area contributed by atoms with E-state index in [0.29, 0.717) is 58.4 Å². The van der Waals surface area contributed by atoms with Crippen LogP contribution in [0.4, 0.5) is 11.5 Å². The van der Waals surface area contributed by atoms with E-state index in [-0.39, 0.29) is 22.6 Å². The fourth-order valence-electron chi connectivity index (χ4n) is 8.53. The molecule has 3 N–H and O–H groups in total. The molecule has 190 valence electrons. The van der Waals surface area contributed by atoms with Gasteiger partial charge in [-0.05, 0) is 93.1 Å². The van der Waals surface area contributed by atoms with Crippen LogP contribution in [0.1, 0.15) is 70.1 Å². The maximum Gasteiger partial charge on any atom is 0.246 e. The van der Waals surface area contributed by atoms with E-state index in [1.807, 2.05) is 25.8 Å². The van der Waals surface area contributed by atoms with Crippen LogP contribution in [-0.4, -0.2) is 34.8 Å². The van der Waals surface area contributed by atoms with Crippen molar-refractivity contribution in [3.8, 4) is 0 Å². The molecule has 2 amide bonds. The molecule has 3 fully saturated rings. The lowest BCUT2D eigenvalue weighted by atomic mass is 9.47. The number of nitrogen functional groups attached to an aromatic ring is 1. The number of likely N-dealkylation sites (N-methyl/N-ethyl adjacent to an activating group) is 1. The quantitative estimate of drug-likeness (QED) is 0.574. The Kier molecular flexibility index (Phi) is 5.98. The van der Waals surface area contributed by atoms with Crippen LogP contribution in [0, 0.1) is 48.3 Å². The normalized spacial score (nSPS) is 38.1. The van der Waals surface area contributed by atoms with Gasteiger partial charge < -0.3 is 16.0 Å². The number of carbonyl (C=O) groups excluding carboxylic acids is 2. The number of fused-ring (bicyclic) bond motifs is 5. The highest BCUT2D eigenvalue weighted by Crippen LogP contribution is 2.66. The summed E-state index contributed by atoms with van der Waals surface area (Å²) >= 11 is 6.27. The summed E-state index contributed by atoms with van der Waals surface area (Å²) in [7, 11) is 1.97. The van der Waals surface area contributed by atoms with Crippen molar-refractivity contribution in [3.05, 3.63) is 28.4 Å². The Morgan fingerprint density at radius 2 is 1.94 bits per heavy atom. The first-order valence-corrected chi connectivity index (χ1v) is 13.5. The molecule has 0 saturated heterocycles. The van der Waals surface area contributed by atoms with Crippen molar-refractivity contribution in [2.75, 3.05) is 18.1 Å². The molecule has 1 aromatic heterocycles. The molecular formula is C28H39ClN4O2. The molecular weight excluding hydrogens is 460 g/mol. The Hall–Kier alpha value is -2.08. The van der Waals surface area contributed by atoms with Crippen LogP contribution >= 0.6 is 11.6 Å². The Morgan fingerprint density at radius 1 is 1.20 bits per heavy atom. The Bertz CT molecular complexity index is 1100. The zero-order valence-corrected chi connectivity index (χ0v) is 22.4. The lowest BCUT2D eigenvalue weighted by Crippen LogP contribution is -2.59. The van der Waals surface area contributed by atoms with Gasteiger partial charge in [0.25, 0.3) is 0 Å². The first kappa shape index (κ1) is 24.6. The minimum absolute atomic E-state index is 0.00894. The number of hydrogen-bond acceptors (Lipinski definition) is 4. The van der Waals surface area contributed by atoms with Crippen molar-refractivity contribution >= 4 is 34.9 Å². The van der Waals surface area contributed by atoms with Gasteiger partial charge in [-0.1, -0.05) is 31.5 Å². The SMILES string of the molecule is Cc1nc(NC(=O)C[C@H]2CCC3C4CCC5N(C)C(=O)C=C[C@]5(C)C4CC[C@@]32C)c(N)c(C)c1Cl. The lowest BCUT2D eigenvalue weighted by Gasteiger charge is -2.60. The smallest absolute Gasteiger partial charge is 0.246 e. The fraction of sp³-hybridized carbons (Fsp3) is 0.679. The molecule has 35 heavy (non-hydrogen) atoms. The molecule has 3 saturated carbocycles. The number of aromatic nitrogens is 1. The predicted octanol–water partition coefficient (Wildman–Crippen LogP) is 5.52. The van der Waals surface area contributed by atoms with Gasteiger partial charge in [-0.15, -0.1) is 0 Å². The van der Waals surface area contributed by atoms with E-state index >= 15 is 0 Å². The second-order valence-corrected chi connectivity index (χ2v) is 12.5. The van der Waals surface area contributed by atoms with Gasteiger partial charge in [-0.3, -0.25) is 9.59 Å². The Morgan fingerprint density at radius 3 is 2.69 bits per heavy atom. The number of anilines is 2. The second kappa shape index (κ2) is 8.50. The number of carbonyl (C=O) groups is 2. The van der Waals surface area contributed by atoms with E-state index in [1.165, 1.54) is 19.3 Å².